The summed E-state index contributed by atoms with van der Waals surface area (Å²) in [5, 5.41) is 4.15. The van der Waals surface area contributed by atoms with Gasteiger partial charge in [0, 0.05) is 37.6 Å². The van der Waals surface area contributed by atoms with Gasteiger partial charge in [-0.1, -0.05) is 18.2 Å². The summed E-state index contributed by atoms with van der Waals surface area (Å²) in [6.07, 6.45) is 2.77. The molecule has 2 N–H and O–H groups in total. The lowest BCUT2D eigenvalue weighted by atomic mass is 10.0. The number of aromatic amines is 1. The largest absolute Gasteiger partial charge is 0.493 e. The highest BCUT2D eigenvalue weighted by Gasteiger charge is 2.29. The molecule has 4 heterocycles. The van der Waals surface area contributed by atoms with Crippen molar-refractivity contribution in [3.05, 3.63) is 69.9 Å². The Bertz CT molecular complexity index is 1650. The number of fused-ring (bicyclic) bond motifs is 3. The van der Waals surface area contributed by atoms with E-state index in [2.05, 4.69) is 15.3 Å². The first kappa shape index (κ1) is 26.9. The number of amides is 2. The van der Waals surface area contributed by atoms with Gasteiger partial charge in [-0.05, 0) is 43.5 Å². The number of ether oxygens (including phenoxy) is 2. The maximum Gasteiger partial charge on any atom is 0.303 e. The molecular weight excluding hydrogens is 514 g/mol. The molecule has 5 rings (SSSR count). The number of pyridine rings is 2. The van der Waals surface area contributed by atoms with Crippen molar-refractivity contribution >= 4 is 39.6 Å². The third-order valence-electron chi connectivity index (χ3n) is 7.26. The van der Waals surface area contributed by atoms with Crippen molar-refractivity contribution in [1.29, 1.82) is 0 Å². The molecule has 1 aliphatic rings. The smallest absolute Gasteiger partial charge is 0.303 e. The summed E-state index contributed by atoms with van der Waals surface area (Å²) in [6.45, 7) is 4.05. The highest BCUT2D eigenvalue weighted by atomic mass is 16.5. The van der Waals surface area contributed by atoms with Crippen molar-refractivity contribution < 1.29 is 23.9 Å². The number of nitrogens with one attached hydrogen (secondary N) is 2. The average molecular weight is 546 g/mol. The minimum atomic E-state index is -0.505. The van der Waals surface area contributed by atoms with Crippen LogP contribution >= 0.6 is 0 Å². The van der Waals surface area contributed by atoms with Gasteiger partial charge in [-0.3, -0.25) is 24.2 Å². The minimum Gasteiger partial charge on any atom is -0.493 e. The zero-order valence-corrected chi connectivity index (χ0v) is 22.7. The molecule has 0 spiro atoms. The fourth-order valence-corrected chi connectivity index (χ4v) is 5.28. The molecule has 0 radical (unpaired) electrons. The molecule has 4 aromatic rings. The average Bonchev–Trinajstić information content (AvgIpc) is 3.35. The molecule has 0 unspecified atom stereocenters. The predicted molar refractivity (Wildman–Crippen MR) is 148 cm³/mol. The number of esters is 1. The van der Waals surface area contributed by atoms with Crippen LogP contribution in [0, 0.1) is 6.92 Å². The van der Waals surface area contributed by atoms with E-state index in [4.69, 9.17) is 9.47 Å². The summed E-state index contributed by atoms with van der Waals surface area (Å²) in [6, 6.07) is 11.1. The number of aryl methyl sites for hydroxylation is 1. The van der Waals surface area contributed by atoms with Gasteiger partial charge in [-0.15, -0.1) is 0 Å². The minimum absolute atomic E-state index is 0.170. The Hall–Kier alpha value is -4.67. The second-order valence-corrected chi connectivity index (χ2v) is 9.87. The van der Waals surface area contributed by atoms with Crippen LogP contribution in [0.25, 0.3) is 21.8 Å². The Morgan fingerprint density at radius 1 is 1.10 bits per heavy atom. The summed E-state index contributed by atoms with van der Waals surface area (Å²) in [5.41, 5.74) is 2.83. The monoisotopic (exact) mass is 545 g/mol. The molecular formula is C29H31N5O6. The van der Waals surface area contributed by atoms with Crippen LogP contribution in [0.15, 0.2) is 47.4 Å². The number of rotatable bonds is 7. The van der Waals surface area contributed by atoms with E-state index in [1.54, 1.807) is 15.7 Å². The van der Waals surface area contributed by atoms with Gasteiger partial charge in [0.1, 0.15) is 11.1 Å². The van der Waals surface area contributed by atoms with Gasteiger partial charge in [-0.25, -0.2) is 0 Å². The lowest BCUT2D eigenvalue weighted by molar-refractivity contribution is -0.150. The number of benzene rings is 1. The highest BCUT2D eigenvalue weighted by Crippen LogP contribution is 2.34. The fourth-order valence-electron chi connectivity index (χ4n) is 5.28. The molecule has 0 aliphatic carbocycles. The maximum absolute atomic E-state index is 13.9. The first-order valence-corrected chi connectivity index (χ1v) is 13.1. The molecule has 0 atom stereocenters. The van der Waals surface area contributed by atoms with Crippen molar-refractivity contribution in [2.75, 3.05) is 26.8 Å². The van der Waals surface area contributed by atoms with E-state index in [-0.39, 0.29) is 42.1 Å². The lowest BCUT2D eigenvalue weighted by Gasteiger charge is -2.32. The van der Waals surface area contributed by atoms with Crippen LogP contribution in [-0.4, -0.2) is 70.1 Å². The maximum atomic E-state index is 13.9. The molecule has 40 heavy (non-hydrogen) atoms. The van der Waals surface area contributed by atoms with Crippen LogP contribution in [0.4, 0.5) is 0 Å². The number of likely N-dealkylation sites (tertiary alicyclic amines) is 1. The Labute approximate surface area is 230 Å². The van der Waals surface area contributed by atoms with Gasteiger partial charge < -0.3 is 29.2 Å². The number of hydrogen-bond acceptors (Lipinski definition) is 7. The van der Waals surface area contributed by atoms with Crippen LogP contribution in [0.5, 0.6) is 5.75 Å². The van der Waals surface area contributed by atoms with Crippen LogP contribution in [0.3, 0.4) is 0 Å². The lowest BCUT2D eigenvalue weighted by Crippen LogP contribution is -2.47. The van der Waals surface area contributed by atoms with Crippen molar-refractivity contribution in [1.82, 2.24) is 24.8 Å². The number of aromatic nitrogens is 3. The van der Waals surface area contributed by atoms with E-state index >= 15 is 0 Å². The zero-order valence-electron chi connectivity index (χ0n) is 22.7. The molecule has 11 heteroatoms. The standard InChI is InChI=1S/C29H31N5O6/c1-17-7-6-9-21-23(17)25-24(29(38)34(21)15-20-8-4-5-12-30-20)27(39-3)26(32-25)28(37)31-19-10-13-33(14-11-19)22(36)16-40-18(2)35/h4-9,12,19,32H,10-11,13-16H2,1-3H3,(H,31,37). The summed E-state index contributed by atoms with van der Waals surface area (Å²) in [4.78, 5) is 59.8. The van der Waals surface area contributed by atoms with Crippen molar-refractivity contribution in [3.63, 3.8) is 0 Å². The van der Waals surface area contributed by atoms with Crippen molar-refractivity contribution in [2.45, 2.75) is 39.3 Å². The number of nitrogens with zero attached hydrogens (tertiary/aromatic N) is 3. The topological polar surface area (TPSA) is 136 Å². The van der Waals surface area contributed by atoms with Gasteiger partial charge in [0.05, 0.1) is 30.4 Å². The molecule has 0 saturated carbocycles. The van der Waals surface area contributed by atoms with Gasteiger partial charge in [0.15, 0.2) is 12.4 Å². The first-order valence-electron chi connectivity index (χ1n) is 13.1. The van der Waals surface area contributed by atoms with Gasteiger partial charge in [0.25, 0.3) is 17.4 Å². The Morgan fingerprint density at radius 3 is 2.55 bits per heavy atom. The van der Waals surface area contributed by atoms with Crippen LogP contribution < -0.4 is 15.6 Å². The third kappa shape index (κ3) is 5.14. The van der Waals surface area contributed by atoms with Crippen LogP contribution in [-0.2, 0) is 20.9 Å². The third-order valence-corrected chi connectivity index (χ3v) is 7.26. The van der Waals surface area contributed by atoms with E-state index in [0.29, 0.717) is 36.8 Å². The number of methoxy groups -OCH3 is 1. The predicted octanol–water partition coefficient (Wildman–Crippen LogP) is 2.53. The fraction of sp³-hybridized carbons (Fsp3) is 0.345. The second-order valence-electron chi connectivity index (χ2n) is 9.87. The molecule has 1 aliphatic heterocycles. The molecule has 208 valence electrons. The molecule has 1 aromatic carbocycles. The number of carbonyl (C=O) groups is 3. The van der Waals surface area contributed by atoms with E-state index in [1.165, 1.54) is 14.0 Å². The molecule has 2 amide bonds. The van der Waals surface area contributed by atoms with E-state index < -0.39 is 11.9 Å². The quantitative estimate of drug-likeness (QED) is 0.341. The summed E-state index contributed by atoms with van der Waals surface area (Å²) < 4.78 is 12.1. The van der Waals surface area contributed by atoms with Gasteiger partial charge in [-0.2, -0.15) is 0 Å². The summed E-state index contributed by atoms with van der Waals surface area (Å²) >= 11 is 0. The molecule has 1 fully saturated rings. The summed E-state index contributed by atoms with van der Waals surface area (Å²) in [5.74, 6) is -0.975. The Kier molecular flexibility index (Phi) is 7.54. The first-order chi connectivity index (χ1) is 19.3. The molecule has 3 aromatic heterocycles. The van der Waals surface area contributed by atoms with Crippen molar-refractivity contribution in [3.8, 4) is 5.75 Å². The number of piperidine rings is 1. The van der Waals surface area contributed by atoms with E-state index in [9.17, 15) is 19.2 Å². The number of carbonyl (C=O) groups excluding carboxylic acids is 3. The SMILES string of the molecule is COc1c(C(=O)NC2CCN(C(=O)COC(C)=O)CC2)[nH]c2c1c(=O)n(Cc1ccccn1)c1cccc(C)c21. The zero-order chi connectivity index (χ0) is 28.4. The highest BCUT2D eigenvalue weighted by molar-refractivity contribution is 6.12. The molecule has 1 saturated heterocycles. The normalized spacial score (nSPS) is 13.9. The molecule has 0 bridgehead atoms. The number of hydrogen-bond donors (Lipinski definition) is 2. The van der Waals surface area contributed by atoms with Gasteiger partial charge in [0.2, 0.25) is 0 Å². The Balaban J connectivity index is 1.46. The Morgan fingerprint density at radius 2 is 1.88 bits per heavy atom. The van der Waals surface area contributed by atoms with Gasteiger partial charge >= 0.3 is 5.97 Å². The second kappa shape index (κ2) is 11.2. The van der Waals surface area contributed by atoms with E-state index in [0.717, 1.165) is 22.2 Å². The van der Waals surface area contributed by atoms with Crippen molar-refractivity contribution in [2.24, 2.45) is 0 Å². The van der Waals surface area contributed by atoms with Crippen LogP contribution in [0.2, 0.25) is 0 Å². The molecule has 11 nitrogen and oxygen atoms in total. The van der Waals surface area contributed by atoms with E-state index in [1.807, 2.05) is 43.3 Å². The summed E-state index contributed by atoms with van der Waals surface area (Å²) in [7, 11) is 1.44. The van der Waals surface area contributed by atoms with Crippen LogP contribution in [0.1, 0.15) is 41.5 Å². The number of H-pyrrole nitrogens is 1.